The topological polar surface area (TPSA) is 61.0 Å². The number of hydrogen-bond donors (Lipinski definition) is 1. The van der Waals surface area contributed by atoms with Crippen LogP contribution in [-0.2, 0) is 0 Å². The molecule has 16 heavy (non-hydrogen) atoms. The zero-order chi connectivity index (χ0) is 12.3. The summed E-state index contributed by atoms with van der Waals surface area (Å²) in [5.41, 5.74) is 6.93. The molecule has 1 aromatic heterocycles. The molecule has 1 atom stereocenters. The summed E-state index contributed by atoms with van der Waals surface area (Å²) < 4.78 is 5.66. The van der Waals surface area contributed by atoms with Gasteiger partial charge in [-0.1, -0.05) is 13.8 Å². The molecule has 4 nitrogen and oxygen atoms in total. The number of nitrogens with two attached hydrogens (primary N) is 1. The Kier molecular flexibility index (Phi) is 4.35. The van der Waals surface area contributed by atoms with Gasteiger partial charge in [0.05, 0.1) is 11.8 Å². The zero-order valence-electron chi connectivity index (χ0n) is 10.1. The molecule has 0 amide bonds. The average molecular weight is 244 g/mol. The molecule has 1 aromatic rings. The van der Waals surface area contributed by atoms with Crippen LogP contribution in [0.25, 0.3) is 0 Å². The predicted octanol–water partition coefficient (Wildman–Crippen LogP) is 2.83. The maximum Gasteiger partial charge on any atom is 0.242 e. The number of hydrogen-bond acceptors (Lipinski definition) is 4. The van der Waals surface area contributed by atoms with Crippen molar-refractivity contribution in [1.82, 2.24) is 9.97 Å². The number of ether oxygens (including phenoxy) is 1. The Hall–Kier alpha value is -1.03. The van der Waals surface area contributed by atoms with Crippen molar-refractivity contribution in [2.75, 3.05) is 5.73 Å². The van der Waals surface area contributed by atoms with Crippen LogP contribution in [0, 0.1) is 12.8 Å². The lowest BCUT2D eigenvalue weighted by molar-refractivity contribution is 0.186. The second kappa shape index (κ2) is 5.34. The van der Waals surface area contributed by atoms with Crippen molar-refractivity contribution in [2.45, 2.75) is 40.2 Å². The van der Waals surface area contributed by atoms with Crippen LogP contribution in [0.5, 0.6) is 5.88 Å². The van der Waals surface area contributed by atoms with Crippen LogP contribution >= 0.6 is 11.6 Å². The number of anilines is 1. The molecular weight excluding hydrogens is 226 g/mol. The SMILES string of the molecule is Cc1nc(Cl)nc(OC(C)CC(C)C)c1N. The lowest BCUT2D eigenvalue weighted by Crippen LogP contribution is -2.16. The lowest BCUT2D eigenvalue weighted by Gasteiger charge is -2.17. The maximum absolute atomic E-state index is 5.82. The van der Waals surface area contributed by atoms with E-state index < -0.39 is 0 Å². The van der Waals surface area contributed by atoms with Gasteiger partial charge in [-0.3, -0.25) is 0 Å². The Labute approximate surface area is 101 Å². The van der Waals surface area contributed by atoms with Gasteiger partial charge >= 0.3 is 0 Å². The Balaban J connectivity index is 2.80. The first-order valence-corrected chi connectivity index (χ1v) is 5.74. The lowest BCUT2D eigenvalue weighted by atomic mass is 10.1. The first-order valence-electron chi connectivity index (χ1n) is 5.36. The van der Waals surface area contributed by atoms with Gasteiger partial charge < -0.3 is 10.5 Å². The standard InChI is InChI=1S/C11H18ClN3O/c1-6(2)5-7(3)16-10-9(13)8(4)14-11(12)15-10/h6-7H,5,13H2,1-4H3. The fraction of sp³-hybridized carbons (Fsp3) is 0.636. The van der Waals surface area contributed by atoms with Gasteiger partial charge in [0.25, 0.3) is 0 Å². The molecule has 0 saturated carbocycles. The van der Waals surface area contributed by atoms with Gasteiger partial charge in [-0.25, -0.2) is 4.98 Å². The second-order valence-electron chi connectivity index (χ2n) is 4.35. The summed E-state index contributed by atoms with van der Waals surface area (Å²) in [6.07, 6.45) is 1.01. The molecule has 0 fully saturated rings. The molecule has 0 aromatic carbocycles. The smallest absolute Gasteiger partial charge is 0.242 e. The predicted molar refractivity (Wildman–Crippen MR) is 65.7 cm³/mol. The van der Waals surface area contributed by atoms with Crippen molar-refractivity contribution in [3.63, 3.8) is 0 Å². The normalized spacial score (nSPS) is 12.9. The fourth-order valence-corrected chi connectivity index (χ4v) is 1.72. The van der Waals surface area contributed by atoms with Crippen molar-refractivity contribution in [3.05, 3.63) is 11.0 Å². The van der Waals surface area contributed by atoms with Gasteiger partial charge in [0.15, 0.2) is 0 Å². The molecule has 1 unspecified atom stereocenters. The summed E-state index contributed by atoms with van der Waals surface area (Å²) >= 11 is 5.75. The molecule has 1 rings (SSSR count). The highest BCUT2D eigenvalue weighted by Crippen LogP contribution is 2.24. The van der Waals surface area contributed by atoms with E-state index in [-0.39, 0.29) is 11.4 Å². The summed E-state index contributed by atoms with van der Waals surface area (Å²) in [5.74, 6) is 0.945. The Bertz CT molecular complexity index is 368. The van der Waals surface area contributed by atoms with E-state index in [1.165, 1.54) is 0 Å². The molecule has 0 aliphatic carbocycles. The third kappa shape index (κ3) is 3.52. The number of aryl methyl sites for hydroxylation is 1. The van der Waals surface area contributed by atoms with Crippen LogP contribution < -0.4 is 10.5 Å². The van der Waals surface area contributed by atoms with Gasteiger partial charge in [0.1, 0.15) is 5.69 Å². The van der Waals surface area contributed by atoms with Crippen molar-refractivity contribution >= 4 is 17.3 Å². The van der Waals surface area contributed by atoms with Gasteiger partial charge in [-0.2, -0.15) is 4.98 Å². The van der Waals surface area contributed by atoms with Gasteiger partial charge in [0.2, 0.25) is 11.2 Å². The van der Waals surface area contributed by atoms with Crippen LogP contribution in [0.4, 0.5) is 5.69 Å². The van der Waals surface area contributed by atoms with E-state index in [4.69, 9.17) is 22.1 Å². The van der Waals surface area contributed by atoms with E-state index in [1.54, 1.807) is 6.92 Å². The Morgan fingerprint density at radius 1 is 1.31 bits per heavy atom. The van der Waals surface area contributed by atoms with E-state index in [2.05, 4.69) is 23.8 Å². The summed E-state index contributed by atoms with van der Waals surface area (Å²) in [4.78, 5) is 7.94. The van der Waals surface area contributed by atoms with Gasteiger partial charge in [-0.05, 0) is 37.8 Å². The summed E-state index contributed by atoms with van der Waals surface area (Å²) in [7, 11) is 0. The van der Waals surface area contributed by atoms with E-state index in [0.717, 1.165) is 6.42 Å². The van der Waals surface area contributed by atoms with E-state index in [9.17, 15) is 0 Å². The molecule has 1 heterocycles. The molecule has 0 saturated heterocycles. The van der Waals surface area contributed by atoms with Crippen molar-refractivity contribution in [1.29, 1.82) is 0 Å². The largest absolute Gasteiger partial charge is 0.473 e. The van der Waals surface area contributed by atoms with Crippen molar-refractivity contribution in [2.24, 2.45) is 5.92 Å². The van der Waals surface area contributed by atoms with Crippen LogP contribution in [0.2, 0.25) is 5.28 Å². The zero-order valence-corrected chi connectivity index (χ0v) is 10.9. The first kappa shape index (κ1) is 13.0. The molecule has 5 heteroatoms. The third-order valence-corrected chi connectivity index (χ3v) is 2.36. The number of aromatic nitrogens is 2. The summed E-state index contributed by atoms with van der Waals surface area (Å²) in [6.45, 7) is 8.05. The highest BCUT2D eigenvalue weighted by atomic mass is 35.5. The maximum atomic E-state index is 5.82. The van der Waals surface area contributed by atoms with Crippen LogP contribution in [0.15, 0.2) is 0 Å². The number of nitrogen functional groups attached to an aromatic ring is 1. The molecule has 0 radical (unpaired) electrons. The fourth-order valence-electron chi connectivity index (χ4n) is 1.51. The minimum Gasteiger partial charge on any atom is -0.473 e. The molecule has 0 spiro atoms. The van der Waals surface area contributed by atoms with Crippen LogP contribution in [0.3, 0.4) is 0 Å². The minimum absolute atomic E-state index is 0.0627. The highest BCUT2D eigenvalue weighted by Gasteiger charge is 2.13. The number of rotatable bonds is 4. The third-order valence-electron chi connectivity index (χ3n) is 2.19. The van der Waals surface area contributed by atoms with E-state index >= 15 is 0 Å². The number of nitrogens with zero attached hydrogens (tertiary/aromatic N) is 2. The van der Waals surface area contributed by atoms with E-state index in [1.807, 2.05) is 6.92 Å². The van der Waals surface area contributed by atoms with Gasteiger partial charge in [-0.15, -0.1) is 0 Å². The quantitative estimate of drug-likeness (QED) is 0.826. The second-order valence-corrected chi connectivity index (χ2v) is 4.69. The molecular formula is C11H18ClN3O. The molecule has 0 bridgehead atoms. The monoisotopic (exact) mass is 243 g/mol. The van der Waals surface area contributed by atoms with Crippen LogP contribution in [0.1, 0.15) is 32.9 Å². The first-order chi connectivity index (χ1) is 7.40. The Morgan fingerprint density at radius 2 is 1.94 bits per heavy atom. The van der Waals surface area contributed by atoms with Gasteiger partial charge in [0, 0.05) is 0 Å². The molecule has 0 aliphatic rings. The highest BCUT2D eigenvalue weighted by molar-refractivity contribution is 6.28. The van der Waals surface area contributed by atoms with Crippen LogP contribution in [-0.4, -0.2) is 16.1 Å². The van der Waals surface area contributed by atoms with Crippen molar-refractivity contribution in [3.8, 4) is 5.88 Å². The molecule has 90 valence electrons. The summed E-state index contributed by atoms with van der Waals surface area (Å²) in [6, 6.07) is 0. The average Bonchev–Trinajstić information content (AvgIpc) is 2.11. The minimum atomic E-state index is 0.0627. The van der Waals surface area contributed by atoms with E-state index in [0.29, 0.717) is 23.2 Å². The summed E-state index contributed by atoms with van der Waals surface area (Å²) in [5, 5.41) is 0.165. The van der Waals surface area contributed by atoms with Crippen molar-refractivity contribution < 1.29 is 4.74 Å². The molecule has 0 aliphatic heterocycles. The molecule has 2 N–H and O–H groups in total. The Morgan fingerprint density at radius 3 is 2.50 bits per heavy atom. The number of halogens is 1.